The Labute approximate surface area is 169 Å². The fraction of sp³-hybridized carbons (Fsp3) is 0.381. The van der Waals surface area contributed by atoms with Crippen molar-refractivity contribution in [2.45, 2.75) is 38.6 Å². The standard InChI is InChI=1S/C21H26N2O4S/c1-13(2)22-20(25)12-28-19-9-7-6-8-16(19)21(26)27-11-18(24)17-10-14(3)23(5)15(17)4/h6-10,13H,11-12H2,1-5H3,(H,22,25). The van der Waals surface area contributed by atoms with Gasteiger partial charge in [0.15, 0.2) is 6.61 Å². The van der Waals surface area contributed by atoms with Crippen molar-refractivity contribution in [3.8, 4) is 0 Å². The molecular formula is C21H26N2O4S. The molecule has 0 atom stereocenters. The van der Waals surface area contributed by atoms with E-state index >= 15 is 0 Å². The number of nitrogens with zero attached hydrogens (tertiary/aromatic N) is 1. The largest absolute Gasteiger partial charge is 0.454 e. The van der Waals surface area contributed by atoms with Crippen LogP contribution in [0.25, 0.3) is 0 Å². The van der Waals surface area contributed by atoms with Gasteiger partial charge in [-0.2, -0.15) is 0 Å². The van der Waals surface area contributed by atoms with Crippen LogP contribution in [0.5, 0.6) is 0 Å². The molecule has 28 heavy (non-hydrogen) atoms. The van der Waals surface area contributed by atoms with Crippen LogP contribution < -0.4 is 5.32 Å². The number of hydrogen-bond donors (Lipinski definition) is 1. The Morgan fingerprint density at radius 1 is 1.14 bits per heavy atom. The number of carbonyl (C=O) groups is 3. The molecule has 0 aliphatic rings. The maximum Gasteiger partial charge on any atom is 0.339 e. The van der Waals surface area contributed by atoms with Crippen molar-refractivity contribution < 1.29 is 19.1 Å². The van der Waals surface area contributed by atoms with Crippen LogP contribution >= 0.6 is 11.8 Å². The van der Waals surface area contributed by atoms with E-state index in [0.29, 0.717) is 16.0 Å². The zero-order valence-electron chi connectivity index (χ0n) is 16.9. The van der Waals surface area contributed by atoms with E-state index in [1.807, 2.05) is 39.3 Å². The number of nitrogens with one attached hydrogen (secondary N) is 1. The molecule has 150 valence electrons. The molecule has 6 nitrogen and oxygen atoms in total. The lowest BCUT2D eigenvalue weighted by molar-refractivity contribution is -0.119. The summed E-state index contributed by atoms with van der Waals surface area (Å²) in [6.45, 7) is 7.23. The zero-order valence-corrected chi connectivity index (χ0v) is 17.7. The van der Waals surface area contributed by atoms with Crippen molar-refractivity contribution in [3.05, 3.63) is 52.8 Å². The lowest BCUT2D eigenvalue weighted by atomic mass is 10.1. The van der Waals surface area contributed by atoms with E-state index in [4.69, 9.17) is 4.74 Å². The average Bonchev–Trinajstić information content (AvgIpc) is 2.91. The third-order valence-electron chi connectivity index (χ3n) is 4.33. The van der Waals surface area contributed by atoms with Crippen LogP contribution in [-0.2, 0) is 16.6 Å². The highest BCUT2D eigenvalue weighted by Gasteiger charge is 2.19. The van der Waals surface area contributed by atoms with Crippen LogP contribution in [0.3, 0.4) is 0 Å². The Kier molecular flexibility index (Phi) is 7.45. The number of carbonyl (C=O) groups excluding carboxylic acids is 3. The van der Waals surface area contributed by atoms with E-state index < -0.39 is 5.97 Å². The van der Waals surface area contributed by atoms with Crippen LogP contribution in [-0.4, -0.2) is 40.6 Å². The van der Waals surface area contributed by atoms with Crippen molar-refractivity contribution in [1.82, 2.24) is 9.88 Å². The van der Waals surface area contributed by atoms with Gasteiger partial charge in [-0.15, -0.1) is 11.8 Å². The van der Waals surface area contributed by atoms with Gasteiger partial charge in [0.25, 0.3) is 0 Å². The molecule has 0 aliphatic carbocycles. The van der Waals surface area contributed by atoms with Crippen LogP contribution in [0.15, 0.2) is 35.2 Å². The highest BCUT2D eigenvalue weighted by Crippen LogP contribution is 2.23. The summed E-state index contributed by atoms with van der Waals surface area (Å²) in [5, 5.41) is 2.81. The normalized spacial score (nSPS) is 10.8. The molecule has 0 saturated carbocycles. The molecule has 2 aromatic rings. The first-order valence-electron chi connectivity index (χ1n) is 9.05. The van der Waals surface area contributed by atoms with E-state index in [-0.39, 0.29) is 30.1 Å². The number of benzene rings is 1. The lowest BCUT2D eigenvalue weighted by Gasteiger charge is -2.10. The van der Waals surface area contributed by atoms with Gasteiger partial charge in [-0.25, -0.2) is 4.79 Å². The minimum absolute atomic E-state index is 0.0596. The second-order valence-corrected chi connectivity index (χ2v) is 7.87. The molecular weight excluding hydrogens is 376 g/mol. The molecule has 1 N–H and O–H groups in total. The van der Waals surface area contributed by atoms with Gasteiger partial charge in [-0.3, -0.25) is 9.59 Å². The second kappa shape index (κ2) is 9.59. The van der Waals surface area contributed by atoms with E-state index in [0.717, 1.165) is 11.4 Å². The number of thioether (sulfide) groups is 1. The summed E-state index contributed by atoms with van der Waals surface area (Å²) in [6, 6.07) is 8.76. The first-order valence-corrected chi connectivity index (χ1v) is 10.0. The highest BCUT2D eigenvalue weighted by molar-refractivity contribution is 8.00. The van der Waals surface area contributed by atoms with Crippen molar-refractivity contribution in [2.75, 3.05) is 12.4 Å². The van der Waals surface area contributed by atoms with Gasteiger partial charge in [0.1, 0.15) is 0 Å². The Hall–Kier alpha value is -2.54. The van der Waals surface area contributed by atoms with Crippen molar-refractivity contribution >= 4 is 29.4 Å². The Morgan fingerprint density at radius 2 is 1.82 bits per heavy atom. The molecule has 1 aromatic carbocycles. The number of ketones is 1. The number of aromatic nitrogens is 1. The summed E-state index contributed by atoms with van der Waals surface area (Å²) in [5.74, 6) is -0.723. The van der Waals surface area contributed by atoms with Crippen LogP contribution in [0.1, 0.15) is 46.0 Å². The quantitative estimate of drug-likeness (QED) is 0.416. The van der Waals surface area contributed by atoms with Gasteiger partial charge in [0.2, 0.25) is 11.7 Å². The zero-order chi connectivity index (χ0) is 20.8. The monoisotopic (exact) mass is 402 g/mol. The molecule has 0 aliphatic heterocycles. The maximum absolute atomic E-state index is 12.5. The molecule has 7 heteroatoms. The van der Waals surface area contributed by atoms with Crippen molar-refractivity contribution in [1.29, 1.82) is 0 Å². The molecule has 0 unspecified atom stereocenters. The number of aryl methyl sites for hydroxylation is 1. The molecule has 0 saturated heterocycles. The third kappa shape index (κ3) is 5.48. The second-order valence-electron chi connectivity index (χ2n) is 6.85. The molecule has 0 fully saturated rings. The van der Waals surface area contributed by atoms with Gasteiger partial charge in [-0.1, -0.05) is 12.1 Å². The number of hydrogen-bond acceptors (Lipinski definition) is 5. The maximum atomic E-state index is 12.5. The topological polar surface area (TPSA) is 77.4 Å². The molecule has 1 amide bonds. The smallest absolute Gasteiger partial charge is 0.339 e. The van der Waals surface area contributed by atoms with Gasteiger partial charge >= 0.3 is 5.97 Å². The average molecular weight is 403 g/mol. The van der Waals surface area contributed by atoms with Crippen LogP contribution in [0.4, 0.5) is 0 Å². The molecule has 0 radical (unpaired) electrons. The van der Waals surface area contributed by atoms with E-state index in [1.54, 1.807) is 30.3 Å². The van der Waals surface area contributed by atoms with Gasteiger partial charge in [0, 0.05) is 34.9 Å². The van der Waals surface area contributed by atoms with Crippen molar-refractivity contribution in [2.24, 2.45) is 7.05 Å². The molecule has 2 rings (SSSR count). The number of ether oxygens (including phenoxy) is 1. The Bertz CT molecular complexity index is 887. The molecule has 0 spiro atoms. The molecule has 1 aromatic heterocycles. The summed E-state index contributed by atoms with van der Waals surface area (Å²) in [6.07, 6.45) is 0. The highest BCUT2D eigenvalue weighted by atomic mass is 32.2. The number of Topliss-reactive ketones (excluding diaryl/α,β-unsaturated/α-hetero) is 1. The summed E-state index contributed by atoms with van der Waals surface area (Å²) in [5.41, 5.74) is 2.71. The molecule has 0 bridgehead atoms. The fourth-order valence-electron chi connectivity index (χ4n) is 2.69. The van der Waals surface area contributed by atoms with E-state index in [9.17, 15) is 14.4 Å². The first kappa shape index (κ1) is 21.8. The third-order valence-corrected chi connectivity index (χ3v) is 5.40. The lowest BCUT2D eigenvalue weighted by Crippen LogP contribution is -2.31. The fourth-order valence-corrected chi connectivity index (χ4v) is 3.54. The summed E-state index contributed by atoms with van der Waals surface area (Å²) in [4.78, 5) is 37.4. The summed E-state index contributed by atoms with van der Waals surface area (Å²) < 4.78 is 7.17. The minimum Gasteiger partial charge on any atom is -0.454 e. The van der Waals surface area contributed by atoms with Gasteiger partial charge in [-0.05, 0) is 45.9 Å². The molecule has 1 heterocycles. The number of amides is 1. The predicted molar refractivity (Wildman–Crippen MR) is 110 cm³/mol. The van der Waals surface area contributed by atoms with E-state index in [2.05, 4.69) is 5.32 Å². The van der Waals surface area contributed by atoms with Crippen LogP contribution in [0, 0.1) is 13.8 Å². The Morgan fingerprint density at radius 3 is 2.43 bits per heavy atom. The first-order chi connectivity index (χ1) is 13.2. The van der Waals surface area contributed by atoms with Gasteiger partial charge < -0.3 is 14.6 Å². The SMILES string of the molecule is Cc1cc(C(=O)COC(=O)c2ccccc2SCC(=O)NC(C)C)c(C)n1C. The summed E-state index contributed by atoms with van der Waals surface area (Å²) in [7, 11) is 1.89. The Balaban J connectivity index is 2.01. The predicted octanol–water partition coefficient (Wildman–Crippen LogP) is 3.30. The van der Waals surface area contributed by atoms with Crippen molar-refractivity contribution in [3.63, 3.8) is 0 Å². The minimum atomic E-state index is -0.578. The number of esters is 1. The van der Waals surface area contributed by atoms with Crippen LogP contribution in [0.2, 0.25) is 0 Å². The van der Waals surface area contributed by atoms with Gasteiger partial charge in [0.05, 0.1) is 11.3 Å². The summed E-state index contributed by atoms with van der Waals surface area (Å²) >= 11 is 1.26. The number of rotatable bonds is 8. The van der Waals surface area contributed by atoms with E-state index in [1.165, 1.54) is 11.8 Å².